The van der Waals surface area contributed by atoms with Crippen LogP contribution in [0.2, 0.25) is 0 Å². The number of carbonyl (C=O) groups is 1. The maximum absolute atomic E-state index is 13.3. The predicted octanol–water partition coefficient (Wildman–Crippen LogP) is 6.57. The lowest BCUT2D eigenvalue weighted by Gasteiger charge is -2.43. The van der Waals surface area contributed by atoms with E-state index in [0.717, 1.165) is 9.79 Å². The van der Waals surface area contributed by atoms with Gasteiger partial charge in [0.05, 0.1) is 16.5 Å². The van der Waals surface area contributed by atoms with E-state index in [9.17, 15) is 36.2 Å². The molecule has 0 fully saturated rings. The lowest BCUT2D eigenvalue weighted by atomic mass is 9.84. The second-order valence-corrected chi connectivity index (χ2v) is 10.1. The third-order valence-electron chi connectivity index (χ3n) is 5.30. The van der Waals surface area contributed by atoms with Crippen LogP contribution in [-0.4, -0.2) is 34.6 Å². The van der Waals surface area contributed by atoms with Gasteiger partial charge in [-0.25, -0.2) is 4.79 Å². The summed E-state index contributed by atoms with van der Waals surface area (Å²) in [7, 11) is -0.727. The fourth-order valence-corrected chi connectivity index (χ4v) is 5.61. The second-order valence-electron chi connectivity index (χ2n) is 8.07. The lowest BCUT2D eigenvalue weighted by Crippen LogP contribution is -2.69. The van der Waals surface area contributed by atoms with Crippen molar-refractivity contribution >= 4 is 16.9 Å². The number of carbonyl (C=O) groups excluding carboxylic acids is 1. The van der Waals surface area contributed by atoms with Gasteiger partial charge in [-0.15, -0.1) is 0 Å². The van der Waals surface area contributed by atoms with E-state index < -0.39 is 40.4 Å². The van der Waals surface area contributed by atoms with Gasteiger partial charge in [0.25, 0.3) is 5.60 Å². The van der Waals surface area contributed by atoms with Gasteiger partial charge in [0.2, 0.25) is 0 Å². The van der Waals surface area contributed by atoms with Crippen molar-refractivity contribution in [3.05, 3.63) is 90.5 Å². The molecule has 0 heterocycles. The molecule has 35 heavy (non-hydrogen) atoms. The molecule has 0 aromatic heterocycles. The number of hydrogen-bond donors (Lipinski definition) is 1. The Morgan fingerprint density at radius 1 is 0.714 bits per heavy atom. The topological polar surface area (TPSA) is 46.5 Å². The summed E-state index contributed by atoms with van der Waals surface area (Å²) in [6.07, 6.45) is -12.3. The van der Waals surface area contributed by atoms with Gasteiger partial charge in [0.1, 0.15) is 0 Å². The molecule has 0 aliphatic rings. The van der Waals surface area contributed by atoms with Crippen LogP contribution in [0.25, 0.3) is 0 Å². The molecule has 186 valence electrons. The number of alkyl halides is 6. The van der Waals surface area contributed by atoms with Crippen LogP contribution in [0.5, 0.6) is 0 Å². The molecule has 0 atom stereocenters. The van der Waals surface area contributed by atoms with Gasteiger partial charge in [-0.3, -0.25) is 0 Å². The number of aliphatic hydroxyl groups is 1. The first kappa shape index (κ1) is 26.6. The molecule has 1 N–H and O–H groups in total. The van der Waals surface area contributed by atoms with E-state index in [1.807, 2.05) is 60.7 Å². The van der Waals surface area contributed by atoms with Crippen LogP contribution in [-0.2, 0) is 15.6 Å². The molecule has 3 rings (SSSR count). The molecule has 0 unspecified atom stereocenters. The molecule has 3 nitrogen and oxygen atoms in total. The van der Waals surface area contributed by atoms with Crippen molar-refractivity contribution in [2.75, 3.05) is 0 Å². The van der Waals surface area contributed by atoms with Crippen LogP contribution in [0.4, 0.5) is 26.3 Å². The fourth-order valence-electron chi connectivity index (χ4n) is 3.48. The van der Waals surface area contributed by atoms with Gasteiger partial charge in [-0.1, -0.05) is 42.5 Å². The fraction of sp³-hybridized carbons (Fsp3) is 0.240. The number of ether oxygens (including phenoxy) is 1. The largest absolute Gasteiger partial charge is 0.452 e. The zero-order chi connectivity index (χ0) is 26.1. The number of hydrogen-bond acceptors (Lipinski definition) is 3. The summed E-state index contributed by atoms with van der Waals surface area (Å²) in [4.78, 5) is 15.1. The minimum atomic E-state index is -6.15. The quantitative estimate of drug-likeness (QED) is 0.229. The number of rotatable bonds is 6. The lowest BCUT2D eigenvalue weighted by molar-refractivity contribution is -0.406. The first-order chi connectivity index (χ1) is 16.2. The molecule has 0 amide bonds. The van der Waals surface area contributed by atoms with Crippen LogP contribution < -0.4 is 0 Å². The van der Waals surface area contributed by atoms with E-state index in [0.29, 0.717) is 18.7 Å². The van der Waals surface area contributed by atoms with Gasteiger partial charge in [-0.05, 0) is 50.2 Å². The molecule has 0 spiro atoms. The number of esters is 1. The molecular weight excluding hydrogens is 494 g/mol. The van der Waals surface area contributed by atoms with Crippen molar-refractivity contribution in [3.8, 4) is 0 Å². The van der Waals surface area contributed by atoms with Crippen molar-refractivity contribution in [2.45, 2.75) is 52.1 Å². The van der Waals surface area contributed by atoms with Gasteiger partial charge in [0.15, 0.2) is 20.3 Å². The average Bonchev–Trinajstić information content (AvgIpc) is 2.78. The molecule has 3 aromatic carbocycles. The van der Waals surface area contributed by atoms with Gasteiger partial charge in [0, 0.05) is 6.07 Å². The molecule has 0 saturated heterocycles. The second kappa shape index (κ2) is 9.58. The van der Waals surface area contributed by atoms with Gasteiger partial charge in [-0.2, -0.15) is 26.3 Å². The third-order valence-corrected chi connectivity index (χ3v) is 7.52. The van der Waals surface area contributed by atoms with Gasteiger partial charge < -0.3 is 9.84 Å². The molecular formula is C25H21F6O3S+. The highest BCUT2D eigenvalue weighted by atomic mass is 32.2. The Bertz CT molecular complexity index is 1110. The van der Waals surface area contributed by atoms with Crippen molar-refractivity contribution in [2.24, 2.45) is 0 Å². The summed E-state index contributed by atoms with van der Waals surface area (Å²) < 4.78 is 84.7. The first-order valence-corrected chi connectivity index (χ1v) is 11.4. The maximum atomic E-state index is 13.3. The molecule has 0 aliphatic heterocycles. The van der Waals surface area contributed by atoms with E-state index >= 15 is 0 Å². The Labute approximate surface area is 200 Å². The number of halogens is 6. The highest BCUT2D eigenvalue weighted by molar-refractivity contribution is 7.97. The minimum absolute atomic E-state index is 0.258. The zero-order valence-electron chi connectivity index (χ0n) is 18.5. The maximum Gasteiger partial charge on any atom is 0.430 e. The SMILES string of the molecule is CC(C)(OC(=O)c1cccc([S+](c2ccccc2)c2ccccc2)c1)C(O)(C(F)(F)F)C(F)(F)F. The predicted molar refractivity (Wildman–Crippen MR) is 118 cm³/mol. The van der Waals surface area contributed by atoms with Crippen LogP contribution in [0.1, 0.15) is 24.2 Å². The highest BCUT2D eigenvalue weighted by Crippen LogP contribution is 2.50. The zero-order valence-corrected chi connectivity index (χ0v) is 19.3. The van der Waals surface area contributed by atoms with Crippen molar-refractivity contribution < 1.29 is 41.0 Å². The number of benzene rings is 3. The standard InChI is InChI=1S/C25H21F6O3S/c1-22(2,23(33,24(26,27)28)25(29,30)31)34-21(32)17-10-9-15-20(16-17)35(18-11-5-3-6-12-18)19-13-7-4-8-14-19/h3-16,33H,1-2H3/q+1. The van der Waals surface area contributed by atoms with E-state index in [1.54, 1.807) is 6.07 Å². The summed E-state index contributed by atoms with van der Waals surface area (Å²) in [6, 6.07) is 24.2. The molecule has 0 saturated carbocycles. The summed E-state index contributed by atoms with van der Waals surface area (Å²) in [5.41, 5.74) is -8.91. The van der Waals surface area contributed by atoms with E-state index in [2.05, 4.69) is 4.74 Å². The Balaban J connectivity index is 2.01. The minimum Gasteiger partial charge on any atom is -0.452 e. The Morgan fingerprint density at radius 3 is 1.57 bits per heavy atom. The van der Waals surface area contributed by atoms with Crippen molar-refractivity contribution in [1.82, 2.24) is 0 Å². The Morgan fingerprint density at radius 2 is 1.14 bits per heavy atom. The highest BCUT2D eigenvalue weighted by Gasteiger charge is 2.78. The van der Waals surface area contributed by atoms with Crippen LogP contribution in [0.15, 0.2) is 99.6 Å². The summed E-state index contributed by atoms with van der Waals surface area (Å²) in [5, 5.41) is 9.72. The summed E-state index contributed by atoms with van der Waals surface area (Å²) in [5.74, 6) is -1.44. The van der Waals surface area contributed by atoms with Crippen LogP contribution >= 0.6 is 0 Å². The molecule has 0 aliphatic carbocycles. The Kier molecular flexibility index (Phi) is 7.29. The van der Waals surface area contributed by atoms with E-state index in [-0.39, 0.29) is 5.56 Å². The van der Waals surface area contributed by atoms with Crippen LogP contribution in [0, 0.1) is 0 Å². The van der Waals surface area contributed by atoms with Crippen molar-refractivity contribution in [3.63, 3.8) is 0 Å². The summed E-state index contributed by atoms with van der Waals surface area (Å²) >= 11 is 0. The van der Waals surface area contributed by atoms with E-state index in [4.69, 9.17) is 0 Å². The monoisotopic (exact) mass is 515 g/mol. The molecule has 0 radical (unpaired) electrons. The average molecular weight is 515 g/mol. The van der Waals surface area contributed by atoms with Crippen molar-refractivity contribution in [1.29, 1.82) is 0 Å². The normalized spacial score (nSPS) is 13.1. The smallest absolute Gasteiger partial charge is 0.430 e. The molecule has 0 bridgehead atoms. The third kappa shape index (κ3) is 5.18. The Hall–Kier alpha value is -2.98. The van der Waals surface area contributed by atoms with Crippen LogP contribution in [0.3, 0.4) is 0 Å². The van der Waals surface area contributed by atoms with E-state index in [1.165, 1.54) is 18.2 Å². The molecule has 3 aromatic rings. The van der Waals surface area contributed by atoms with Gasteiger partial charge >= 0.3 is 18.3 Å². The summed E-state index contributed by atoms with van der Waals surface area (Å²) in [6.45, 7) is 0.739. The molecule has 10 heteroatoms. The first-order valence-electron chi connectivity index (χ1n) is 10.2.